The van der Waals surface area contributed by atoms with Gasteiger partial charge in [-0.2, -0.15) is 0 Å². The van der Waals surface area contributed by atoms with Crippen LogP contribution in [-0.4, -0.2) is 75.0 Å². The highest BCUT2D eigenvalue weighted by Gasteiger charge is 2.41. The van der Waals surface area contributed by atoms with E-state index in [9.17, 15) is 18.4 Å². The van der Waals surface area contributed by atoms with Gasteiger partial charge in [-0.25, -0.2) is 0 Å². The minimum atomic E-state index is -2.73. The zero-order chi connectivity index (χ0) is 29.8. The zero-order valence-electron chi connectivity index (χ0n) is 23.7. The van der Waals surface area contributed by atoms with Crippen molar-refractivity contribution in [2.24, 2.45) is 5.73 Å². The number of fused-ring (bicyclic) bond motifs is 1. The van der Waals surface area contributed by atoms with Crippen molar-refractivity contribution < 1.29 is 23.1 Å². The number of hydrogen-bond acceptors (Lipinski definition) is 6. The molecule has 3 N–H and O–H groups in total. The molecule has 3 atom stereocenters. The smallest absolute Gasteiger partial charge is 0.247 e. The number of rotatable bonds is 9. The SMILES string of the molecule is COc1ccc2cc(N(C3CCCN(C(Cc4ccc(C(=N)N)cc4)C(=O)N4CCCCC4)C3=O)S(=O)[O-])ccc2c1. The van der Waals surface area contributed by atoms with Crippen LogP contribution in [0.3, 0.4) is 0 Å². The van der Waals surface area contributed by atoms with Crippen molar-refractivity contribution in [1.82, 2.24) is 9.80 Å². The number of nitrogens with two attached hydrogens (primary N) is 1. The van der Waals surface area contributed by atoms with Crippen LogP contribution in [0.25, 0.3) is 10.8 Å². The third-order valence-electron chi connectivity index (χ3n) is 8.20. The summed E-state index contributed by atoms with van der Waals surface area (Å²) in [5.41, 5.74) is 7.41. The van der Waals surface area contributed by atoms with Crippen LogP contribution in [0, 0.1) is 5.41 Å². The molecule has 3 aromatic rings. The Kier molecular flexibility index (Phi) is 9.08. The first-order chi connectivity index (χ1) is 20.3. The highest BCUT2D eigenvalue weighted by atomic mass is 32.2. The van der Waals surface area contributed by atoms with Gasteiger partial charge in [-0.1, -0.05) is 36.4 Å². The summed E-state index contributed by atoms with van der Waals surface area (Å²) in [6, 6.07) is 16.1. The number of hydrogen-bond donors (Lipinski definition) is 2. The van der Waals surface area contributed by atoms with E-state index < -0.39 is 23.4 Å². The van der Waals surface area contributed by atoms with Gasteiger partial charge in [0.2, 0.25) is 11.8 Å². The molecule has 3 unspecified atom stereocenters. The Morgan fingerprint density at radius 2 is 1.74 bits per heavy atom. The Labute approximate surface area is 248 Å². The summed E-state index contributed by atoms with van der Waals surface area (Å²) in [5.74, 6) is 0.151. The summed E-state index contributed by atoms with van der Waals surface area (Å²) in [5, 5.41) is 9.37. The van der Waals surface area contributed by atoms with Crippen LogP contribution in [0.4, 0.5) is 5.69 Å². The number of carbonyl (C=O) groups is 2. The molecule has 0 aliphatic carbocycles. The van der Waals surface area contributed by atoms with Gasteiger partial charge in [0.05, 0.1) is 7.11 Å². The number of benzene rings is 3. The van der Waals surface area contributed by atoms with E-state index in [1.54, 1.807) is 42.3 Å². The standard InChI is InChI=1S/C31H37N5O5S/c1-41-26-14-12-23-19-25(13-11-24(23)20-26)36(42(39)40)27-6-5-17-35(31(27)38)28(30(37)34-15-3-2-4-16-34)18-21-7-9-22(10-8-21)29(32)33/h7-14,19-20,27-28H,2-6,15-18H2,1H3,(H3,32,33)(H,39,40)/p-1. The molecule has 0 saturated carbocycles. The molecule has 42 heavy (non-hydrogen) atoms. The molecule has 11 heteroatoms. The normalized spacial score (nSPS) is 18.9. The Bertz CT molecular complexity index is 1490. The van der Waals surface area contributed by atoms with Gasteiger partial charge in [0.1, 0.15) is 23.7 Å². The molecule has 222 valence electrons. The fourth-order valence-corrected chi connectivity index (χ4v) is 6.64. The van der Waals surface area contributed by atoms with Crippen molar-refractivity contribution in [3.05, 3.63) is 71.8 Å². The molecular weight excluding hydrogens is 554 g/mol. The summed E-state index contributed by atoms with van der Waals surface area (Å²) >= 11 is -2.73. The molecule has 0 aromatic heterocycles. The maximum atomic E-state index is 14.1. The van der Waals surface area contributed by atoms with Gasteiger partial charge in [-0.05, 0) is 72.7 Å². The monoisotopic (exact) mass is 590 g/mol. The Hall–Kier alpha value is -3.96. The van der Waals surface area contributed by atoms with Crippen LogP contribution < -0.4 is 14.8 Å². The number of amides is 2. The van der Waals surface area contributed by atoms with Crippen LogP contribution in [0.15, 0.2) is 60.7 Å². The number of nitrogen functional groups attached to an aromatic ring is 1. The predicted molar refractivity (Wildman–Crippen MR) is 162 cm³/mol. The van der Waals surface area contributed by atoms with Crippen molar-refractivity contribution in [2.45, 2.75) is 50.6 Å². The Morgan fingerprint density at radius 3 is 2.40 bits per heavy atom. The van der Waals surface area contributed by atoms with Crippen molar-refractivity contribution in [1.29, 1.82) is 5.41 Å². The first kappa shape index (κ1) is 29.5. The van der Waals surface area contributed by atoms with Crippen LogP contribution >= 0.6 is 0 Å². The quantitative estimate of drug-likeness (QED) is 0.222. The number of likely N-dealkylation sites (tertiary alicyclic amines) is 2. The van der Waals surface area contributed by atoms with E-state index in [1.807, 2.05) is 35.2 Å². The average Bonchev–Trinajstić information content (AvgIpc) is 3.01. The van der Waals surface area contributed by atoms with E-state index in [0.29, 0.717) is 49.5 Å². The average molecular weight is 591 g/mol. The number of nitrogens with one attached hydrogen (secondary N) is 1. The third kappa shape index (κ3) is 6.27. The van der Waals surface area contributed by atoms with Gasteiger partial charge in [0.25, 0.3) is 0 Å². The fourth-order valence-electron chi connectivity index (χ4n) is 5.95. The Balaban J connectivity index is 1.46. The van der Waals surface area contributed by atoms with Crippen molar-refractivity contribution >= 4 is 45.4 Å². The van der Waals surface area contributed by atoms with Crippen LogP contribution in [-0.2, 0) is 27.3 Å². The van der Waals surface area contributed by atoms with Crippen molar-refractivity contribution in [2.75, 3.05) is 31.0 Å². The number of carbonyl (C=O) groups excluding carboxylic acids is 2. The number of anilines is 1. The summed E-state index contributed by atoms with van der Waals surface area (Å²) in [4.78, 5) is 31.5. The number of methoxy groups -OCH3 is 1. The number of ether oxygens (including phenoxy) is 1. The first-order valence-corrected chi connectivity index (χ1v) is 15.3. The van der Waals surface area contributed by atoms with E-state index in [1.165, 1.54) is 0 Å². The number of piperidine rings is 2. The van der Waals surface area contributed by atoms with Gasteiger partial charge in [0, 0.05) is 48.6 Å². The van der Waals surface area contributed by atoms with Crippen LogP contribution in [0.1, 0.15) is 43.2 Å². The molecule has 0 bridgehead atoms. The lowest BCUT2D eigenvalue weighted by Gasteiger charge is -2.43. The van der Waals surface area contributed by atoms with Crippen molar-refractivity contribution in [3.8, 4) is 5.75 Å². The van der Waals surface area contributed by atoms with Gasteiger partial charge in [-0.3, -0.25) is 23.5 Å². The molecule has 2 fully saturated rings. The molecular formula is C31H36N5O5S-. The van der Waals surface area contributed by atoms with Gasteiger partial charge < -0.3 is 24.8 Å². The molecule has 2 aliphatic heterocycles. The van der Waals surface area contributed by atoms with Gasteiger partial charge >= 0.3 is 0 Å². The molecule has 3 aromatic carbocycles. The first-order valence-electron chi connectivity index (χ1n) is 14.3. The van der Waals surface area contributed by atoms with E-state index in [4.69, 9.17) is 15.9 Å². The van der Waals surface area contributed by atoms with Crippen LogP contribution in [0.5, 0.6) is 5.75 Å². The predicted octanol–water partition coefficient (Wildman–Crippen LogP) is 3.35. The lowest BCUT2D eigenvalue weighted by atomic mass is 9.96. The highest BCUT2D eigenvalue weighted by molar-refractivity contribution is 7.80. The fraction of sp³-hybridized carbons (Fsp3) is 0.387. The van der Waals surface area contributed by atoms with E-state index in [0.717, 1.165) is 39.9 Å². The van der Waals surface area contributed by atoms with Gasteiger partial charge in [0.15, 0.2) is 0 Å². The van der Waals surface area contributed by atoms with Crippen LogP contribution in [0.2, 0.25) is 0 Å². The molecule has 0 radical (unpaired) electrons. The topological polar surface area (TPSA) is 143 Å². The second kappa shape index (κ2) is 12.9. The highest BCUT2D eigenvalue weighted by Crippen LogP contribution is 2.31. The maximum Gasteiger partial charge on any atom is 0.247 e. The lowest BCUT2D eigenvalue weighted by Crippen LogP contribution is -2.60. The van der Waals surface area contributed by atoms with E-state index in [-0.39, 0.29) is 24.1 Å². The van der Waals surface area contributed by atoms with E-state index in [2.05, 4.69) is 0 Å². The minimum absolute atomic E-state index is 0.0462. The van der Waals surface area contributed by atoms with Crippen molar-refractivity contribution in [3.63, 3.8) is 0 Å². The molecule has 10 nitrogen and oxygen atoms in total. The largest absolute Gasteiger partial charge is 0.755 e. The third-order valence-corrected chi connectivity index (χ3v) is 8.98. The van der Waals surface area contributed by atoms with E-state index >= 15 is 0 Å². The Morgan fingerprint density at radius 1 is 1.05 bits per heavy atom. The number of nitrogens with zero attached hydrogens (tertiary/aromatic N) is 3. The summed E-state index contributed by atoms with van der Waals surface area (Å²) < 4.78 is 31.7. The summed E-state index contributed by atoms with van der Waals surface area (Å²) in [7, 11) is 1.59. The molecule has 2 amide bonds. The summed E-state index contributed by atoms with van der Waals surface area (Å²) in [6.07, 6.45) is 4.08. The second-order valence-corrected chi connectivity index (χ2v) is 11.7. The molecule has 5 rings (SSSR count). The molecule has 0 spiro atoms. The molecule has 2 heterocycles. The summed E-state index contributed by atoms with van der Waals surface area (Å²) in [6.45, 7) is 1.65. The minimum Gasteiger partial charge on any atom is -0.755 e. The second-order valence-electron chi connectivity index (χ2n) is 10.8. The zero-order valence-corrected chi connectivity index (χ0v) is 24.5. The molecule has 2 aliphatic rings. The maximum absolute atomic E-state index is 14.1. The van der Waals surface area contributed by atoms with Gasteiger partial charge in [-0.15, -0.1) is 0 Å². The number of amidine groups is 1. The lowest BCUT2D eigenvalue weighted by molar-refractivity contribution is -0.148. The molecule has 2 saturated heterocycles.